The maximum atomic E-state index is 12.5. The van der Waals surface area contributed by atoms with Crippen molar-refractivity contribution >= 4 is 11.7 Å². The summed E-state index contributed by atoms with van der Waals surface area (Å²) in [5, 5.41) is 10.4. The zero-order chi connectivity index (χ0) is 20.9. The SMILES string of the molecule is CC(CCc1ccccc1)c1cc(C(=O)/C=C/C2CCC(NC(=O)C3CC3)C2)n[nH]1. The van der Waals surface area contributed by atoms with Crippen LogP contribution in [-0.2, 0) is 11.2 Å². The fraction of sp³-hybridized carbons (Fsp3) is 0.480. The van der Waals surface area contributed by atoms with Gasteiger partial charge in [-0.05, 0) is 74.5 Å². The molecule has 2 N–H and O–H groups in total. The predicted molar refractivity (Wildman–Crippen MR) is 117 cm³/mol. The molecule has 5 heteroatoms. The van der Waals surface area contributed by atoms with Gasteiger partial charge in [0.15, 0.2) is 0 Å². The number of hydrogen-bond acceptors (Lipinski definition) is 3. The molecule has 1 heterocycles. The van der Waals surface area contributed by atoms with Gasteiger partial charge in [0, 0.05) is 17.7 Å². The van der Waals surface area contributed by atoms with Crippen LogP contribution < -0.4 is 5.32 Å². The summed E-state index contributed by atoms with van der Waals surface area (Å²) >= 11 is 0. The number of aryl methyl sites for hydroxylation is 1. The number of aromatic nitrogens is 2. The topological polar surface area (TPSA) is 74.8 Å². The summed E-state index contributed by atoms with van der Waals surface area (Å²) in [4.78, 5) is 24.4. The molecule has 158 valence electrons. The van der Waals surface area contributed by atoms with E-state index < -0.39 is 0 Å². The molecular weight excluding hydrogens is 374 g/mol. The minimum Gasteiger partial charge on any atom is -0.353 e. The van der Waals surface area contributed by atoms with Gasteiger partial charge in [0.1, 0.15) is 5.69 Å². The van der Waals surface area contributed by atoms with Crippen LogP contribution in [0.3, 0.4) is 0 Å². The lowest BCUT2D eigenvalue weighted by Crippen LogP contribution is -2.33. The maximum absolute atomic E-state index is 12.5. The van der Waals surface area contributed by atoms with E-state index in [9.17, 15) is 9.59 Å². The van der Waals surface area contributed by atoms with Crippen molar-refractivity contribution in [1.82, 2.24) is 15.5 Å². The van der Waals surface area contributed by atoms with Crippen LogP contribution in [0.25, 0.3) is 0 Å². The van der Waals surface area contributed by atoms with Gasteiger partial charge < -0.3 is 5.32 Å². The minimum atomic E-state index is -0.0572. The third-order valence-corrected chi connectivity index (χ3v) is 6.38. The van der Waals surface area contributed by atoms with E-state index in [-0.39, 0.29) is 23.7 Å². The summed E-state index contributed by atoms with van der Waals surface area (Å²) in [7, 11) is 0. The molecule has 0 saturated heterocycles. The van der Waals surface area contributed by atoms with Crippen LogP contribution in [0.1, 0.15) is 73.1 Å². The van der Waals surface area contributed by atoms with Crippen molar-refractivity contribution in [1.29, 1.82) is 0 Å². The molecule has 5 nitrogen and oxygen atoms in total. The minimum absolute atomic E-state index is 0.0572. The molecule has 2 fully saturated rings. The maximum Gasteiger partial charge on any atom is 0.223 e. The zero-order valence-electron chi connectivity index (χ0n) is 17.6. The Morgan fingerprint density at radius 1 is 1.20 bits per heavy atom. The van der Waals surface area contributed by atoms with Gasteiger partial charge in [-0.3, -0.25) is 14.7 Å². The van der Waals surface area contributed by atoms with E-state index in [4.69, 9.17) is 0 Å². The van der Waals surface area contributed by atoms with Crippen LogP contribution in [0.2, 0.25) is 0 Å². The number of hydrogen-bond donors (Lipinski definition) is 2. The van der Waals surface area contributed by atoms with Crippen molar-refractivity contribution < 1.29 is 9.59 Å². The molecule has 2 aliphatic carbocycles. The van der Waals surface area contributed by atoms with E-state index >= 15 is 0 Å². The third kappa shape index (κ3) is 5.47. The fourth-order valence-electron chi connectivity index (χ4n) is 4.19. The molecule has 4 rings (SSSR count). The molecule has 30 heavy (non-hydrogen) atoms. The number of nitrogens with one attached hydrogen (secondary N) is 2. The van der Waals surface area contributed by atoms with Crippen LogP contribution in [0.5, 0.6) is 0 Å². The van der Waals surface area contributed by atoms with E-state index in [0.29, 0.717) is 17.5 Å². The number of amides is 1. The number of nitrogens with zero attached hydrogens (tertiary/aromatic N) is 1. The lowest BCUT2D eigenvalue weighted by molar-refractivity contribution is -0.122. The van der Waals surface area contributed by atoms with Crippen molar-refractivity contribution in [2.75, 3.05) is 0 Å². The summed E-state index contributed by atoms with van der Waals surface area (Å²) in [6.07, 6.45) is 10.7. The highest BCUT2D eigenvalue weighted by Gasteiger charge is 2.32. The lowest BCUT2D eigenvalue weighted by atomic mass is 9.98. The van der Waals surface area contributed by atoms with Gasteiger partial charge >= 0.3 is 0 Å². The van der Waals surface area contributed by atoms with Crippen molar-refractivity contribution in [2.45, 2.75) is 63.8 Å². The summed E-state index contributed by atoms with van der Waals surface area (Å²) in [6.45, 7) is 2.16. The second-order valence-electron chi connectivity index (χ2n) is 8.91. The molecule has 1 amide bonds. The van der Waals surface area contributed by atoms with Crippen LogP contribution in [0, 0.1) is 11.8 Å². The van der Waals surface area contributed by atoms with Gasteiger partial charge in [-0.2, -0.15) is 5.10 Å². The highest BCUT2D eigenvalue weighted by atomic mass is 16.2. The summed E-state index contributed by atoms with van der Waals surface area (Å²) in [5.74, 6) is 1.07. The van der Waals surface area contributed by atoms with E-state index in [1.54, 1.807) is 6.08 Å². The Morgan fingerprint density at radius 3 is 2.77 bits per heavy atom. The first-order chi connectivity index (χ1) is 14.6. The first-order valence-electron chi connectivity index (χ1n) is 11.2. The Morgan fingerprint density at radius 2 is 2.00 bits per heavy atom. The van der Waals surface area contributed by atoms with Gasteiger partial charge in [-0.1, -0.05) is 43.3 Å². The summed E-state index contributed by atoms with van der Waals surface area (Å²) in [6, 6.07) is 12.6. The van der Waals surface area contributed by atoms with E-state index in [1.165, 1.54) is 5.56 Å². The monoisotopic (exact) mass is 405 g/mol. The molecule has 0 radical (unpaired) electrons. The fourth-order valence-corrected chi connectivity index (χ4v) is 4.19. The molecule has 3 atom stereocenters. The summed E-state index contributed by atoms with van der Waals surface area (Å²) in [5.41, 5.74) is 2.81. The number of allylic oxidation sites excluding steroid dienone is 2. The van der Waals surface area contributed by atoms with Gasteiger partial charge in [0.05, 0.1) is 0 Å². The molecular formula is C25H31N3O2. The summed E-state index contributed by atoms with van der Waals surface area (Å²) < 4.78 is 0. The molecule has 0 bridgehead atoms. The Kier molecular flexibility index (Phi) is 6.46. The second-order valence-corrected chi connectivity index (χ2v) is 8.91. The molecule has 1 aromatic heterocycles. The van der Waals surface area contributed by atoms with E-state index in [2.05, 4.69) is 46.7 Å². The lowest BCUT2D eigenvalue weighted by Gasteiger charge is -2.11. The van der Waals surface area contributed by atoms with Gasteiger partial charge in [-0.15, -0.1) is 0 Å². The first kappa shape index (κ1) is 20.6. The second kappa shape index (κ2) is 9.41. The number of benzene rings is 1. The molecule has 2 saturated carbocycles. The number of H-pyrrole nitrogens is 1. The highest BCUT2D eigenvalue weighted by Crippen LogP contribution is 2.31. The molecule has 3 unspecified atom stereocenters. The van der Waals surface area contributed by atoms with Crippen molar-refractivity contribution in [3.63, 3.8) is 0 Å². The number of carbonyl (C=O) groups is 2. The van der Waals surface area contributed by atoms with Crippen molar-refractivity contribution in [3.8, 4) is 0 Å². The Hall–Kier alpha value is -2.69. The molecule has 1 aromatic carbocycles. The van der Waals surface area contributed by atoms with Crippen LogP contribution in [0.4, 0.5) is 0 Å². The van der Waals surface area contributed by atoms with E-state index in [0.717, 1.165) is 50.6 Å². The smallest absolute Gasteiger partial charge is 0.223 e. The number of carbonyl (C=O) groups excluding carboxylic acids is 2. The van der Waals surface area contributed by atoms with Crippen molar-refractivity contribution in [2.24, 2.45) is 11.8 Å². The average molecular weight is 406 g/mol. The molecule has 0 spiro atoms. The zero-order valence-corrected chi connectivity index (χ0v) is 17.6. The van der Waals surface area contributed by atoms with Crippen LogP contribution in [-0.4, -0.2) is 27.9 Å². The molecule has 2 aromatic rings. The predicted octanol–water partition coefficient (Wildman–Crippen LogP) is 4.58. The first-order valence-corrected chi connectivity index (χ1v) is 11.2. The Balaban J connectivity index is 1.25. The number of rotatable bonds is 9. The largest absolute Gasteiger partial charge is 0.353 e. The van der Waals surface area contributed by atoms with Gasteiger partial charge in [0.2, 0.25) is 11.7 Å². The van der Waals surface area contributed by atoms with Gasteiger partial charge in [-0.25, -0.2) is 0 Å². The van der Waals surface area contributed by atoms with Crippen LogP contribution >= 0.6 is 0 Å². The Labute approximate surface area is 178 Å². The number of ketones is 1. The van der Waals surface area contributed by atoms with E-state index in [1.807, 2.05) is 18.2 Å². The highest BCUT2D eigenvalue weighted by molar-refractivity contribution is 6.03. The third-order valence-electron chi connectivity index (χ3n) is 6.38. The Bertz CT molecular complexity index is 898. The van der Waals surface area contributed by atoms with Crippen LogP contribution in [0.15, 0.2) is 48.6 Å². The number of aromatic amines is 1. The normalized spacial score (nSPS) is 22.3. The molecule has 0 aliphatic heterocycles. The van der Waals surface area contributed by atoms with Gasteiger partial charge in [0.25, 0.3) is 0 Å². The molecule has 2 aliphatic rings. The average Bonchev–Trinajstić information content (AvgIpc) is 3.33. The quantitative estimate of drug-likeness (QED) is 0.474. The standard InChI is InChI=1S/C25H31N3O2/c1-17(7-8-18-5-3-2-4-6-18)22-16-23(28-27-22)24(29)14-10-19-9-13-21(15-19)26-25(30)20-11-12-20/h2-6,10,14,16-17,19-21H,7-9,11-13,15H2,1H3,(H,26,30)(H,27,28)/b14-10+. The van der Waals surface area contributed by atoms with Crippen molar-refractivity contribution in [3.05, 3.63) is 65.5 Å².